The second-order valence-electron chi connectivity index (χ2n) is 2.63. The third-order valence-electron chi connectivity index (χ3n) is 1.41. The van der Waals surface area contributed by atoms with E-state index in [4.69, 9.17) is 5.11 Å². The van der Waals surface area contributed by atoms with Crippen LogP contribution in [0, 0.1) is 0 Å². The van der Waals surface area contributed by atoms with Crippen molar-refractivity contribution in [2.45, 2.75) is 12.8 Å². The van der Waals surface area contributed by atoms with Gasteiger partial charge in [-0.1, -0.05) is 0 Å². The van der Waals surface area contributed by atoms with Crippen LogP contribution in [0.3, 0.4) is 0 Å². The Labute approximate surface area is 91.8 Å². The highest BCUT2D eigenvalue weighted by atomic mass is 32.2. The fraction of sp³-hybridized carbons (Fsp3) is 0.625. The summed E-state index contributed by atoms with van der Waals surface area (Å²) < 4.78 is 0. The Bertz CT molecular complexity index is 245. The minimum absolute atomic E-state index is 0.0851. The predicted octanol–water partition coefficient (Wildman–Crippen LogP) is 0.0400. The van der Waals surface area contributed by atoms with E-state index >= 15 is 0 Å². The van der Waals surface area contributed by atoms with Crippen molar-refractivity contribution in [2.75, 3.05) is 18.6 Å². The van der Waals surface area contributed by atoms with E-state index in [1.165, 1.54) is 18.8 Å². The van der Waals surface area contributed by atoms with Gasteiger partial charge in [0.1, 0.15) is 0 Å². The number of carbonyl (C=O) groups excluding carboxylic acids is 2. The molecule has 0 aliphatic heterocycles. The normalized spacial score (nSPS) is 9.40. The molecule has 0 saturated carbocycles. The van der Waals surface area contributed by atoms with E-state index in [0.717, 1.165) is 0 Å². The van der Waals surface area contributed by atoms with Crippen LogP contribution in [-0.2, 0) is 9.59 Å². The molecule has 7 heteroatoms. The molecular weight excluding hydrogens is 220 g/mol. The first-order valence-electron chi connectivity index (χ1n) is 4.37. The van der Waals surface area contributed by atoms with Gasteiger partial charge in [0.05, 0.1) is 6.42 Å². The number of hydrogen-bond acceptors (Lipinski definition) is 4. The molecule has 0 unspecified atom stereocenters. The van der Waals surface area contributed by atoms with E-state index in [0.29, 0.717) is 11.5 Å². The maximum Gasteiger partial charge on any atom is 0.321 e. The molecule has 0 atom stereocenters. The number of hydrogen-bond donors (Lipinski definition) is 3. The summed E-state index contributed by atoms with van der Waals surface area (Å²) in [6.07, 6.45) is 0.291. The van der Waals surface area contributed by atoms with Gasteiger partial charge in [0, 0.05) is 25.0 Å². The summed E-state index contributed by atoms with van der Waals surface area (Å²) in [5, 5.41) is 12.7. The first-order chi connectivity index (χ1) is 7.06. The third kappa shape index (κ3) is 9.07. The average molecular weight is 234 g/mol. The molecule has 0 aromatic heterocycles. The van der Waals surface area contributed by atoms with Crippen LogP contribution in [0.4, 0.5) is 4.79 Å². The molecule has 86 valence electrons. The largest absolute Gasteiger partial charge is 0.481 e. The van der Waals surface area contributed by atoms with E-state index < -0.39 is 12.0 Å². The summed E-state index contributed by atoms with van der Waals surface area (Å²) in [7, 11) is 1.42. The molecule has 0 aliphatic rings. The zero-order chi connectivity index (χ0) is 11.7. The highest BCUT2D eigenvalue weighted by Crippen LogP contribution is 2.04. The van der Waals surface area contributed by atoms with Crippen molar-refractivity contribution in [3.63, 3.8) is 0 Å². The van der Waals surface area contributed by atoms with Crippen LogP contribution >= 0.6 is 11.8 Å². The van der Waals surface area contributed by atoms with Gasteiger partial charge in [0.25, 0.3) is 0 Å². The Morgan fingerprint density at radius 1 is 1.20 bits per heavy atom. The van der Waals surface area contributed by atoms with Gasteiger partial charge in [0.15, 0.2) is 0 Å². The van der Waals surface area contributed by atoms with Gasteiger partial charge in [0.2, 0.25) is 5.91 Å². The molecule has 0 aromatic carbocycles. The van der Waals surface area contributed by atoms with Crippen molar-refractivity contribution < 1.29 is 19.5 Å². The van der Waals surface area contributed by atoms with E-state index in [1.807, 2.05) is 0 Å². The number of rotatable bonds is 6. The summed E-state index contributed by atoms with van der Waals surface area (Å²) in [5.41, 5.74) is 0. The van der Waals surface area contributed by atoms with Gasteiger partial charge in [-0.25, -0.2) is 4.79 Å². The van der Waals surface area contributed by atoms with Crippen LogP contribution in [0.25, 0.3) is 0 Å². The first kappa shape index (κ1) is 13.8. The number of carboxylic acid groups (broad SMARTS) is 1. The number of thioether (sulfide) groups is 1. The second kappa shape index (κ2) is 8.10. The van der Waals surface area contributed by atoms with Crippen LogP contribution in [0.15, 0.2) is 0 Å². The Hall–Kier alpha value is -1.24. The Balaban J connectivity index is 3.39. The predicted molar refractivity (Wildman–Crippen MR) is 56.8 cm³/mol. The lowest BCUT2D eigenvalue weighted by Gasteiger charge is -2.02. The smallest absolute Gasteiger partial charge is 0.321 e. The Morgan fingerprint density at radius 3 is 2.33 bits per heavy atom. The third-order valence-corrected chi connectivity index (χ3v) is 2.40. The molecule has 0 bridgehead atoms. The fourth-order valence-electron chi connectivity index (χ4n) is 0.678. The van der Waals surface area contributed by atoms with Gasteiger partial charge in [-0.05, 0) is 0 Å². The van der Waals surface area contributed by atoms with Crippen molar-refractivity contribution in [3.05, 3.63) is 0 Å². The molecule has 0 rings (SSSR count). The molecule has 0 fully saturated rings. The van der Waals surface area contributed by atoms with E-state index in [-0.39, 0.29) is 18.7 Å². The summed E-state index contributed by atoms with van der Waals surface area (Å²) in [4.78, 5) is 31.8. The minimum atomic E-state index is -0.850. The fourth-order valence-corrected chi connectivity index (χ4v) is 1.53. The van der Waals surface area contributed by atoms with Crippen LogP contribution in [0.1, 0.15) is 12.8 Å². The number of amides is 3. The molecule has 0 aliphatic carbocycles. The molecule has 6 nitrogen and oxygen atoms in total. The van der Waals surface area contributed by atoms with Crippen LogP contribution in [0.5, 0.6) is 0 Å². The minimum Gasteiger partial charge on any atom is -0.481 e. The lowest BCUT2D eigenvalue weighted by atomic mass is 10.4. The summed E-state index contributed by atoms with van der Waals surface area (Å²) in [6.45, 7) is 0. The average Bonchev–Trinajstić information content (AvgIpc) is 2.16. The topological polar surface area (TPSA) is 95.5 Å². The van der Waals surface area contributed by atoms with Crippen LogP contribution in [-0.4, -0.2) is 41.6 Å². The quantitative estimate of drug-likeness (QED) is 0.564. The van der Waals surface area contributed by atoms with Gasteiger partial charge in [-0.3, -0.25) is 14.9 Å². The van der Waals surface area contributed by atoms with Crippen molar-refractivity contribution >= 4 is 29.7 Å². The van der Waals surface area contributed by atoms with Crippen molar-refractivity contribution in [1.29, 1.82) is 0 Å². The summed E-state index contributed by atoms with van der Waals surface area (Å²) in [5.74, 6) is -0.229. The van der Waals surface area contributed by atoms with Gasteiger partial charge >= 0.3 is 12.0 Å². The number of aliphatic carboxylic acids is 1. The molecule has 3 amide bonds. The maximum absolute atomic E-state index is 11.0. The van der Waals surface area contributed by atoms with Crippen molar-refractivity contribution in [3.8, 4) is 0 Å². The first-order valence-corrected chi connectivity index (χ1v) is 5.53. The molecule has 0 aromatic rings. The monoisotopic (exact) mass is 234 g/mol. The highest BCUT2D eigenvalue weighted by Gasteiger charge is 2.05. The van der Waals surface area contributed by atoms with Crippen molar-refractivity contribution in [1.82, 2.24) is 10.6 Å². The lowest BCUT2D eigenvalue weighted by Crippen LogP contribution is -2.37. The molecule has 3 N–H and O–H groups in total. The molecular formula is C8H14N2O4S. The molecule has 0 heterocycles. The second-order valence-corrected chi connectivity index (χ2v) is 3.86. The Kier molecular flexibility index (Phi) is 7.43. The lowest BCUT2D eigenvalue weighted by molar-refractivity contribution is -0.136. The number of imide groups is 1. The number of nitrogens with one attached hydrogen (secondary N) is 2. The highest BCUT2D eigenvalue weighted by molar-refractivity contribution is 7.99. The van der Waals surface area contributed by atoms with E-state index in [9.17, 15) is 14.4 Å². The van der Waals surface area contributed by atoms with E-state index in [1.54, 1.807) is 0 Å². The van der Waals surface area contributed by atoms with Crippen LogP contribution in [0.2, 0.25) is 0 Å². The number of carbonyl (C=O) groups is 3. The summed E-state index contributed by atoms with van der Waals surface area (Å²) in [6, 6.07) is -0.532. The van der Waals surface area contributed by atoms with Crippen molar-refractivity contribution in [2.24, 2.45) is 0 Å². The standard InChI is InChI=1S/C8H14N2O4S/c1-9-8(14)10-6(11)2-4-15-5-3-7(12)13/h2-5H2,1H3,(H,12,13)(H2,9,10,11,14). The number of urea groups is 1. The van der Waals surface area contributed by atoms with Gasteiger partial charge in [-0.15, -0.1) is 0 Å². The van der Waals surface area contributed by atoms with Crippen LogP contribution < -0.4 is 10.6 Å². The van der Waals surface area contributed by atoms with E-state index in [2.05, 4.69) is 10.6 Å². The SMILES string of the molecule is CNC(=O)NC(=O)CCSCCC(=O)O. The molecule has 15 heavy (non-hydrogen) atoms. The zero-order valence-electron chi connectivity index (χ0n) is 8.41. The maximum atomic E-state index is 11.0. The zero-order valence-corrected chi connectivity index (χ0v) is 9.23. The molecule has 0 saturated heterocycles. The van der Waals surface area contributed by atoms with Gasteiger partial charge < -0.3 is 10.4 Å². The molecule has 0 radical (unpaired) electrons. The molecule has 0 spiro atoms. The Morgan fingerprint density at radius 2 is 1.80 bits per heavy atom. The van der Waals surface area contributed by atoms with Gasteiger partial charge in [-0.2, -0.15) is 11.8 Å². The number of carboxylic acids is 1. The summed E-state index contributed by atoms with van der Waals surface area (Å²) >= 11 is 1.37.